The van der Waals surface area contributed by atoms with Gasteiger partial charge in [-0.05, 0) is 43.6 Å². The van der Waals surface area contributed by atoms with E-state index in [1.165, 1.54) is 25.7 Å². The number of hydrogen-bond acceptors (Lipinski definition) is 3. The first kappa shape index (κ1) is 21.0. The van der Waals surface area contributed by atoms with Crippen molar-refractivity contribution in [2.75, 3.05) is 13.7 Å². The van der Waals surface area contributed by atoms with Crippen LogP contribution in [0.4, 0.5) is 0 Å². The molecule has 1 aliphatic carbocycles. The molecule has 136 valence electrons. The summed E-state index contributed by atoms with van der Waals surface area (Å²) in [6.07, 6.45) is 7.91. The number of rotatable bonds is 6. The normalized spacial score (nSPS) is 20.9. The summed E-state index contributed by atoms with van der Waals surface area (Å²) in [5.41, 5.74) is 1.12. The Morgan fingerprint density at radius 2 is 2.04 bits per heavy atom. The monoisotopic (exact) mass is 446 g/mol. The standard InChI is InChI=1S/C18H30N4O.HI/c1-4-11-23-17-10-7-15(12-20-17)13-21-18(19-3)22-16-8-5-14(2)6-9-16;/h7,10,12,14,16H,4-6,8-9,11,13H2,1-3H3,(H2,19,21,22);1H. The molecule has 0 aliphatic heterocycles. The minimum absolute atomic E-state index is 0. The molecular weight excluding hydrogens is 415 g/mol. The van der Waals surface area contributed by atoms with Crippen molar-refractivity contribution in [3.63, 3.8) is 0 Å². The lowest BCUT2D eigenvalue weighted by Crippen LogP contribution is -2.44. The second-order valence-corrected chi connectivity index (χ2v) is 6.38. The molecule has 0 radical (unpaired) electrons. The van der Waals surface area contributed by atoms with Crippen LogP contribution in [0.15, 0.2) is 23.3 Å². The van der Waals surface area contributed by atoms with E-state index in [0.717, 1.165) is 23.9 Å². The van der Waals surface area contributed by atoms with E-state index in [1.807, 2.05) is 25.4 Å². The molecule has 5 nitrogen and oxygen atoms in total. The fourth-order valence-corrected chi connectivity index (χ4v) is 2.79. The lowest BCUT2D eigenvalue weighted by Gasteiger charge is -2.28. The summed E-state index contributed by atoms with van der Waals surface area (Å²) >= 11 is 0. The van der Waals surface area contributed by atoms with Crippen LogP contribution in [0.5, 0.6) is 5.88 Å². The molecule has 1 aromatic heterocycles. The van der Waals surface area contributed by atoms with Crippen molar-refractivity contribution >= 4 is 29.9 Å². The van der Waals surface area contributed by atoms with Crippen molar-refractivity contribution in [3.8, 4) is 5.88 Å². The number of pyridine rings is 1. The molecule has 1 heterocycles. The zero-order valence-electron chi connectivity index (χ0n) is 15.0. The highest BCUT2D eigenvalue weighted by atomic mass is 127. The molecule has 0 saturated heterocycles. The highest BCUT2D eigenvalue weighted by Gasteiger charge is 2.18. The third kappa shape index (κ3) is 7.23. The second-order valence-electron chi connectivity index (χ2n) is 6.38. The van der Waals surface area contributed by atoms with Gasteiger partial charge in [-0.25, -0.2) is 4.98 Å². The predicted octanol–water partition coefficient (Wildman–Crippen LogP) is 3.73. The van der Waals surface area contributed by atoms with E-state index < -0.39 is 0 Å². The van der Waals surface area contributed by atoms with E-state index in [-0.39, 0.29) is 24.0 Å². The van der Waals surface area contributed by atoms with Crippen LogP contribution in [0.25, 0.3) is 0 Å². The van der Waals surface area contributed by atoms with Crippen LogP contribution in [-0.2, 0) is 6.54 Å². The minimum atomic E-state index is 0. The molecular formula is C18H31IN4O. The van der Waals surface area contributed by atoms with Crippen LogP contribution < -0.4 is 15.4 Å². The average molecular weight is 446 g/mol. The van der Waals surface area contributed by atoms with Crippen molar-refractivity contribution in [2.24, 2.45) is 10.9 Å². The van der Waals surface area contributed by atoms with E-state index in [0.29, 0.717) is 25.1 Å². The summed E-state index contributed by atoms with van der Waals surface area (Å²) in [6, 6.07) is 4.51. The zero-order chi connectivity index (χ0) is 16.5. The highest BCUT2D eigenvalue weighted by molar-refractivity contribution is 14.0. The van der Waals surface area contributed by atoms with Gasteiger partial charge in [0.15, 0.2) is 5.96 Å². The maximum absolute atomic E-state index is 5.50. The number of guanidine groups is 1. The summed E-state index contributed by atoms with van der Waals surface area (Å²) in [4.78, 5) is 8.65. The van der Waals surface area contributed by atoms with Crippen LogP contribution in [0, 0.1) is 5.92 Å². The van der Waals surface area contributed by atoms with Gasteiger partial charge in [0.05, 0.1) is 6.61 Å². The van der Waals surface area contributed by atoms with Crippen molar-refractivity contribution in [3.05, 3.63) is 23.9 Å². The molecule has 2 rings (SSSR count). The average Bonchev–Trinajstić information content (AvgIpc) is 2.59. The Morgan fingerprint density at radius 1 is 1.29 bits per heavy atom. The largest absolute Gasteiger partial charge is 0.478 e. The molecule has 1 aromatic rings. The molecule has 0 atom stereocenters. The minimum Gasteiger partial charge on any atom is -0.478 e. The molecule has 2 N–H and O–H groups in total. The molecule has 6 heteroatoms. The van der Waals surface area contributed by atoms with Crippen molar-refractivity contribution in [1.82, 2.24) is 15.6 Å². The Morgan fingerprint density at radius 3 is 2.62 bits per heavy atom. The van der Waals surface area contributed by atoms with Gasteiger partial charge in [-0.3, -0.25) is 4.99 Å². The summed E-state index contributed by atoms with van der Waals surface area (Å²) in [5, 5.41) is 6.89. The van der Waals surface area contributed by atoms with E-state index in [1.54, 1.807) is 0 Å². The molecule has 24 heavy (non-hydrogen) atoms. The number of ether oxygens (including phenoxy) is 1. The van der Waals surface area contributed by atoms with Crippen molar-refractivity contribution in [2.45, 2.75) is 58.5 Å². The van der Waals surface area contributed by atoms with E-state index in [2.05, 4.69) is 34.5 Å². The topological polar surface area (TPSA) is 58.5 Å². The summed E-state index contributed by atoms with van der Waals surface area (Å²) in [5.74, 6) is 2.42. The molecule has 0 bridgehead atoms. The van der Waals surface area contributed by atoms with Gasteiger partial charge in [0.25, 0.3) is 0 Å². The van der Waals surface area contributed by atoms with Gasteiger partial charge in [0, 0.05) is 31.9 Å². The van der Waals surface area contributed by atoms with Crippen LogP contribution in [-0.4, -0.2) is 30.6 Å². The Bertz CT molecular complexity index is 484. The Labute approximate surface area is 163 Å². The SMILES string of the molecule is CCCOc1ccc(CNC(=NC)NC2CCC(C)CC2)cn1.I. The van der Waals surface area contributed by atoms with Gasteiger partial charge in [-0.1, -0.05) is 19.9 Å². The van der Waals surface area contributed by atoms with Gasteiger partial charge < -0.3 is 15.4 Å². The molecule has 1 aliphatic rings. The van der Waals surface area contributed by atoms with E-state index in [9.17, 15) is 0 Å². The summed E-state index contributed by atoms with van der Waals surface area (Å²) in [7, 11) is 1.82. The molecule has 1 saturated carbocycles. The van der Waals surface area contributed by atoms with Crippen molar-refractivity contribution in [1.29, 1.82) is 0 Å². The van der Waals surface area contributed by atoms with Crippen LogP contribution in [0.1, 0.15) is 51.5 Å². The maximum atomic E-state index is 5.50. The first-order chi connectivity index (χ1) is 11.2. The van der Waals surface area contributed by atoms with Gasteiger partial charge in [-0.2, -0.15) is 0 Å². The first-order valence-corrected chi connectivity index (χ1v) is 8.76. The lowest BCUT2D eigenvalue weighted by molar-refractivity contribution is 0.305. The third-order valence-corrected chi connectivity index (χ3v) is 4.29. The molecule has 0 aromatic carbocycles. The number of hydrogen-bond donors (Lipinski definition) is 2. The van der Waals surface area contributed by atoms with Crippen LogP contribution >= 0.6 is 24.0 Å². The lowest BCUT2D eigenvalue weighted by atomic mass is 9.87. The van der Waals surface area contributed by atoms with Gasteiger partial charge in [-0.15, -0.1) is 24.0 Å². The quantitative estimate of drug-likeness (QED) is 0.397. The molecule has 0 amide bonds. The summed E-state index contributed by atoms with van der Waals surface area (Å²) < 4.78 is 5.50. The van der Waals surface area contributed by atoms with Gasteiger partial charge in [0.2, 0.25) is 5.88 Å². The molecule has 1 fully saturated rings. The van der Waals surface area contributed by atoms with Crippen LogP contribution in [0.3, 0.4) is 0 Å². The maximum Gasteiger partial charge on any atom is 0.213 e. The van der Waals surface area contributed by atoms with Crippen molar-refractivity contribution < 1.29 is 4.74 Å². The Balaban J connectivity index is 0.00000288. The number of halogens is 1. The smallest absolute Gasteiger partial charge is 0.213 e. The Hall–Kier alpha value is -1.05. The number of aromatic nitrogens is 1. The predicted molar refractivity (Wildman–Crippen MR) is 110 cm³/mol. The highest BCUT2D eigenvalue weighted by Crippen LogP contribution is 2.23. The summed E-state index contributed by atoms with van der Waals surface area (Å²) in [6.45, 7) is 5.85. The molecule has 0 spiro atoms. The number of nitrogens with one attached hydrogen (secondary N) is 2. The Kier molecular flexibility index (Phi) is 10.1. The second kappa shape index (κ2) is 11.5. The fourth-order valence-electron chi connectivity index (χ4n) is 2.79. The fraction of sp³-hybridized carbons (Fsp3) is 0.667. The van der Waals surface area contributed by atoms with Gasteiger partial charge in [0.1, 0.15) is 0 Å². The number of nitrogens with zero attached hydrogens (tertiary/aromatic N) is 2. The zero-order valence-corrected chi connectivity index (χ0v) is 17.4. The van der Waals surface area contributed by atoms with Gasteiger partial charge >= 0.3 is 0 Å². The third-order valence-electron chi connectivity index (χ3n) is 4.29. The van der Waals surface area contributed by atoms with Crippen LogP contribution in [0.2, 0.25) is 0 Å². The van der Waals surface area contributed by atoms with E-state index in [4.69, 9.17) is 4.74 Å². The number of aliphatic imine (C=N–C) groups is 1. The first-order valence-electron chi connectivity index (χ1n) is 8.76. The molecule has 0 unspecified atom stereocenters. The van der Waals surface area contributed by atoms with E-state index >= 15 is 0 Å².